The van der Waals surface area contributed by atoms with Crippen LogP contribution in [-0.4, -0.2) is 35.7 Å². The highest BCUT2D eigenvalue weighted by Gasteiger charge is 2.29. The standard InChI is InChI=1S/C12H21NO4/c1-3-17-12(16)9-5-4-6-10(7-9)13-8(2)11(14)15/h8-10,13H,3-7H2,1-2H3,(H,14,15). The molecule has 1 aliphatic carbocycles. The van der Waals surface area contributed by atoms with Crippen molar-refractivity contribution in [3.63, 3.8) is 0 Å². The van der Waals surface area contributed by atoms with Crippen molar-refractivity contribution in [2.45, 2.75) is 51.6 Å². The molecule has 5 heteroatoms. The van der Waals surface area contributed by atoms with Gasteiger partial charge in [0.05, 0.1) is 12.5 Å². The number of aliphatic carboxylic acids is 1. The van der Waals surface area contributed by atoms with E-state index in [1.54, 1.807) is 13.8 Å². The molecular weight excluding hydrogens is 222 g/mol. The summed E-state index contributed by atoms with van der Waals surface area (Å²) in [6.45, 7) is 3.82. The van der Waals surface area contributed by atoms with Crippen LogP contribution in [0.4, 0.5) is 0 Å². The van der Waals surface area contributed by atoms with Crippen LogP contribution in [-0.2, 0) is 14.3 Å². The molecule has 1 rings (SSSR count). The maximum atomic E-state index is 11.6. The van der Waals surface area contributed by atoms with Gasteiger partial charge in [0.1, 0.15) is 6.04 Å². The number of nitrogens with one attached hydrogen (secondary N) is 1. The van der Waals surface area contributed by atoms with Crippen LogP contribution in [0.5, 0.6) is 0 Å². The first-order chi connectivity index (χ1) is 8.04. The summed E-state index contributed by atoms with van der Waals surface area (Å²) in [4.78, 5) is 22.3. The molecule has 0 aromatic rings. The Hall–Kier alpha value is -1.10. The zero-order valence-electron chi connectivity index (χ0n) is 10.4. The summed E-state index contributed by atoms with van der Waals surface area (Å²) < 4.78 is 5.00. The SMILES string of the molecule is CCOC(=O)C1CCCC(NC(C)C(=O)O)C1. The summed E-state index contributed by atoms with van der Waals surface area (Å²) in [7, 11) is 0. The van der Waals surface area contributed by atoms with E-state index in [0.717, 1.165) is 19.3 Å². The molecule has 17 heavy (non-hydrogen) atoms. The van der Waals surface area contributed by atoms with Crippen LogP contribution >= 0.6 is 0 Å². The van der Waals surface area contributed by atoms with Crippen LogP contribution in [0.2, 0.25) is 0 Å². The quantitative estimate of drug-likeness (QED) is 0.709. The van der Waals surface area contributed by atoms with E-state index in [0.29, 0.717) is 13.0 Å². The molecule has 0 aliphatic heterocycles. The predicted octanol–water partition coefficient (Wildman–Crippen LogP) is 1.17. The van der Waals surface area contributed by atoms with Crippen molar-refractivity contribution >= 4 is 11.9 Å². The Morgan fingerprint density at radius 3 is 2.76 bits per heavy atom. The minimum Gasteiger partial charge on any atom is -0.480 e. The van der Waals surface area contributed by atoms with Gasteiger partial charge in [0.2, 0.25) is 0 Å². The Kier molecular flexibility index (Phi) is 5.41. The van der Waals surface area contributed by atoms with E-state index >= 15 is 0 Å². The van der Waals surface area contributed by atoms with Crippen molar-refractivity contribution < 1.29 is 19.4 Å². The first-order valence-electron chi connectivity index (χ1n) is 6.20. The van der Waals surface area contributed by atoms with Crippen molar-refractivity contribution in [3.8, 4) is 0 Å². The lowest BCUT2D eigenvalue weighted by atomic mass is 9.85. The summed E-state index contributed by atoms with van der Waals surface area (Å²) in [6.07, 6.45) is 3.38. The van der Waals surface area contributed by atoms with Crippen molar-refractivity contribution in [1.82, 2.24) is 5.32 Å². The van der Waals surface area contributed by atoms with Gasteiger partial charge in [-0.25, -0.2) is 0 Å². The van der Waals surface area contributed by atoms with Gasteiger partial charge < -0.3 is 15.2 Å². The van der Waals surface area contributed by atoms with Crippen molar-refractivity contribution in [3.05, 3.63) is 0 Å². The van der Waals surface area contributed by atoms with E-state index < -0.39 is 12.0 Å². The zero-order chi connectivity index (χ0) is 12.8. The van der Waals surface area contributed by atoms with Crippen LogP contribution in [0.15, 0.2) is 0 Å². The fraction of sp³-hybridized carbons (Fsp3) is 0.833. The van der Waals surface area contributed by atoms with Crippen molar-refractivity contribution in [1.29, 1.82) is 0 Å². The third-order valence-corrected chi connectivity index (χ3v) is 3.15. The molecule has 0 radical (unpaired) electrons. The van der Waals surface area contributed by atoms with E-state index in [4.69, 9.17) is 9.84 Å². The predicted molar refractivity (Wildman–Crippen MR) is 62.6 cm³/mol. The number of esters is 1. The third kappa shape index (κ3) is 4.34. The number of carboxylic acid groups (broad SMARTS) is 1. The van der Waals surface area contributed by atoms with Gasteiger partial charge in [0.25, 0.3) is 0 Å². The monoisotopic (exact) mass is 243 g/mol. The van der Waals surface area contributed by atoms with Crippen LogP contribution < -0.4 is 5.32 Å². The van der Waals surface area contributed by atoms with Crippen LogP contribution in [0.1, 0.15) is 39.5 Å². The lowest BCUT2D eigenvalue weighted by Crippen LogP contribution is -2.44. The molecule has 0 heterocycles. The Balaban J connectivity index is 2.43. The van der Waals surface area contributed by atoms with Gasteiger partial charge in [-0.05, 0) is 33.1 Å². The summed E-state index contributed by atoms with van der Waals surface area (Å²) in [5.41, 5.74) is 0. The number of hydrogen-bond acceptors (Lipinski definition) is 4. The summed E-state index contributed by atoms with van der Waals surface area (Å²) in [6, 6.07) is -0.467. The highest BCUT2D eigenvalue weighted by atomic mass is 16.5. The highest BCUT2D eigenvalue weighted by Crippen LogP contribution is 2.25. The van der Waals surface area contributed by atoms with Gasteiger partial charge in [-0.3, -0.25) is 9.59 Å². The third-order valence-electron chi connectivity index (χ3n) is 3.15. The largest absolute Gasteiger partial charge is 0.480 e. The smallest absolute Gasteiger partial charge is 0.320 e. The van der Waals surface area contributed by atoms with Gasteiger partial charge in [-0.2, -0.15) is 0 Å². The van der Waals surface area contributed by atoms with Crippen molar-refractivity contribution in [2.75, 3.05) is 6.61 Å². The van der Waals surface area contributed by atoms with E-state index in [1.807, 2.05) is 0 Å². The first-order valence-corrected chi connectivity index (χ1v) is 6.20. The maximum absolute atomic E-state index is 11.6. The van der Waals surface area contributed by atoms with Crippen LogP contribution in [0.3, 0.4) is 0 Å². The van der Waals surface area contributed by atoms with Gasteiger partial charge in [-0.1, -0.05) is 6.42 Å². The molecule has 1 saturated carbocycles. The van der Waals surface area contributed by atoms with E-state index in [9.17, 15) is 9.59 Å². The van der Waals surface area contributed by atoms with Crippen LogP contribution in [0.25, 0.3) is 0 Å². The second-order valence-corrected chi connectivity index (χ2v) is 4.54. The molecule has 0 saturated heterocycles. The summed E-state index contributed by atoms with van der Waals surface area (Å²) >= 11 is 0. The molecular formula is C12H21NO4. The molecule has 1 aliphatic rings. The Bertz CT molecular complexity index is 280. The molecule has 0 aromatic heterocycles. The van der Waals surface area contributed by atoms with Crippen molar-refractivity contribution in [2.24, 2.45) is 5.92 Å². The van der Waals surface area contributed by atoms with Crippen LogP contribution in [0, 0.1) is 5.92 Å². The molecule has 3 unspecified atom stereocenters. The first kappa shape index (κ1) is 14.0. The molecule has 2 N–H and O–H groups in total. The minimum atomic E-state index is -0.858. The van der Waals surface area contributed by atoms with E-state index in [1.165, 1.54) is 0 Å². The number of carbonyl (C=O) groups excluding carboxylic acids is 1. The molecule has 3 atom stereocenters. The fourth-order valence-electron chi connectivity index (χ4n) is 2.24. The van der Waals surface area contributed by atoms with Gasteiger partial charge >= 0.3 is 11.9 Å². The Morgan fingerprint density at radius 2 is 2.18 bits per heavy atom. The summed E-state index contributed by atoms with van der Waals surface area (Å²) in [5.74, 6) is -1.09. The topological polar surface area (TPSA) is 75.6 Å². The van der Waals surface area contributed by atoms with Gasteiger partial charge in [-0.15, -0.1) is 0 Å². The number of hydrogen-bond donors (Lipinski definition) is 2. The van der Waals surface area contributed by atoms with E-state index in [2.05, 4.69) is 5.32 Å². The summed E-state index contributed by atoms with van der Waals surface area (Å²) in [5, 5.41) is 11.9. The normalized spacial score (nSPS) is 26.2. The van der Waals surface area contributed by atoms with Gasteiger partial charge in [0.15, 0.2) is 0 Å². The zero-order valence-corrected chi connectivity index (χ0v) is 10.4. The molecule has 98 valence electrons. The Labute approximate surface area is 102 Å². The average Bonchev–Trinajstić information content (AvgIpc) is 2.29. The molecule has 1 fully saturated rings. The average molecular weight is 243 g/mol. The second kappa shape index (κ2) is 6.59. The molecule has 5 nitrogen and oxygen atoms in total. The maximum Gasteiger partial charge on any atom is 0.320 e. The highest BCUT2D eigenvalue weighted by molar-refractivity contribution is 5.73. The molecule has 0 bridgehead atoms. The van der Waals surface area contributed by atoms with E-state index in [-0.39, 0.29) is 17.9 Å². The minimum absolute atomic E-state index is 0.0813. The number of rotatable bonds is 5. The number of ether oxygens (including phenoxy) is 1. The number of carboxylic acids is 1. The second-order valence-electron chi connectivity index (χ2n) is 4.54. The Morgan fingerprint density at radius 1 is 1.47 bits per heavy atom. The lowest BCUT2D eigenvalue weighted by Gasteiger charge is -2.29. The fourth-order valence-corrected chi connectivity index (χ4v) is 2.24. The molecule has 0 spiro atoms. The molecule has 0 aromatic carbocycles. The molecule has 0 amide bonds. The van der Waals surface area contributed by atoms with Gasteiger partial charge in [0, 0.05) is 6.04 Å². The lowest BCUT2D eigenvalue weighted by molar-refractivity contribution is -0.149. The number of carbonyl (C=O) groups is 2.